The third-order valence-corrected chi connectivity index (χ3v) is 6.37. The van der Waals surface area contributed by atoms with Crippen molar-refractivity contribution >= 4 is 11.8 Å². The summed E-state index contributed by atoms with van der Waals surface area (Å²) >= 11 is 0. The second-order valence-electron chi connectivity index (χ2n) is 8.79. The van der Waals surface area contributed by atoms with Crippen LogP contribution in [0.3, 0.4) is 0 Å². The summed E-state index contributed by atoms with van der Waals surface area (Å²) in [6, 6.07) is 10.0. The molecule has 2 aliphatic heterocycles. The SMILES string of the molecule is CCOC(=O)CC(Cn1nnnc1CCCc1ccc2c(n1)NCCC2)c1ccc2c(c1)OCO2. The van der Waals surface area contributed by atoms with Gasteiger partial charge in [0.25, 0.3) is 0 Å². The maximum Gasteiger partial charge on any atom is 0.306 e. The summed E-state index contributed by atoms with van der Waals surface area (Å²) in [6.45, 7) is 3.79. The van der Waals surface area contributed by atoms with E-state index in [2.05, 4.69) is 33.0 Å². The number of rotatable bonds is 10. The molecule has 10 heteroatoms. The first kappa shape index (κ1) is 23.1. The number of aromatic nitrogens is 5. The van der Waals surface area contributed by atoms with E-state index in [1.807, 2.05) is 18.2 Å². The van der Waals surface area contributed by atoms with Gasteiger partial charge < -0.3 is 19.5 Å². The van der Waals surface area contributed by atoms with Crippen LogP contribution in [0.2, 0.25) is 0 Å². The zero-order valence-electron chi connectivity index (χ0n) is 19.9. The molecular weight excluding hydrogens is 448 g/mol. The molecule has 0 saturated heterocycles. The van der Waals surface area contributed by atoms with Gasteiger partial charge in [-0.2, -0.15) is 0 Å². The molecule has 2 aromatic heterocycles. The molecule has 35 heavy (non-hydrogen) atoms. The number of anilines is 1. The molecule has 10 nitrogen and oxygen atoms in total. The number of nitrogens with zero attached hydrogens (tertiary/aromatic N) is 5. The lowest BCUT2D eigenvalue weighted by Crippen LogP contribution is -2.18. The molecular formula is C25H30N6O4. The molecule has 184 valence electrons. The predicted octanol–water partition coefficient (Wildman–Crippen LogP) is 3.07. The van der Waals surface area contributed by atoms with E-state index in [1.165, 1.54) is 5.56 Å². The van der Waals surface area contributed by atoms with E-state index in [0.29, 0.717) is 31.1 Å². The Morgan fingerprint density at radius 1 is 1.20 bits per heavy atom. The Kier molecular flexibility index (Phi) is 7.06. The van der Waals surface area contributed by atoms with Crippen molar-refractivity contribution in [2.45, 2.75) is 57.9 Å². The highest BCUT2D eigenvalue weighted by Crippen LogP contribution is 2.36. The van der Waals surface area contributed by atoms with Gasteiger partial charge in [0.05, 0.1) is 19.6 Å². The topological polar surface area (TPSA) is 113 Å². The average Bonchev–Trinajstić information content (AvgIpc) is 3.52. The number of carbonyl (C=O) groups is 1. The fraction of sp³-hybridized carbons (Fsp3) is 0.480. The third kappa shape index (κ3) is 5.52. The van der Waals surface area contributed by atoms with E-state index in [1.54, 1.807) is 11.6 Å². The highest BCUT2D eigenvalue weighted by molar-refractivity contribution is 5.70. The maximum atomic E-state index is 12.4. The summed E-state index contributed by atoms with van der Waals surface area (Å²) in [4.78, 5) is 17.1. The van der Waals surface area contributed by atoms with Crippen LogP contribution in [-0.4, -0.2) is 51.1 Å². The lowest BCUT2D eigenvalue weighted by molar-refractivity contribution is -0.143. The van der Waals surface area contributed by atoms with Gasteiger partial charge in [-0.1, -0.05) is 12.1 Å². The zero-order chi connectivity index (χ0) is 24.0. The molecule has 0 fully saturated rings. The Hall–Kier alpha value is -3.69. The third-order valence-electron chi connectivity index (χ3n) is 6.37. The number of carbonyl (C=O) groups excluding carboxylic acids is 1. The molecule has 0 aliphatic carbocycles. The Bertz CT molecular complexity index is 1180. The molecule has 1 aromatic carbocycles. The Morgan fingerprint density at radius 3 is 3.03 bits per heavy atom. The highest BCUT2D eigenvalue weighted by Gasteiger charge is 2.23. The van der Waals surface area contributed by atoms with Crippen molar-refractivity contribution in [3.05, 3.63) is 53.0 Å². The second-order valence-corrected chi connectivity index (χ2v) is 8.79. The van der Waals surface area contributed by atoms with Crippen LogP contribution in [0, 0.1) is 0 Å². The smallest absolute Gasteiger partial charge is 0.306 e. The largest absolute Gasteiger partial charge is 0.466 e. The van der Waals surface area contributed by atoms with Gasteiger partial charge in [-0.3, -0.25) is 4.79 Å². The summed E-state index contributed by atoms with van der Waals surface area (Å²) in [5.41, 5.74) is 3.31. The number of pyridine rings is 1. The molecule has 0 bridgehead atoms. The van der Waals surface area contributed by atoms with Crippen LogP contribution in [0.4, 0.5) is 5.82 Å². The summed E-state index contributed by atoms with van der Waals surface area (Å²) in [5.74, 6) is 2.77. The molecule has 2 aliphatic rings. The minimum atomic E-state index is -0.253. The molecule has 0 saturated carbocycles. The number of ether oxygens (including phenoxy) is 3. The van der Waals surface area contributed by atoms with Crippen molar-refractivity contribution in [2.24, 2.45) is 0 Å². The van der Waals surface area contributed by atoms with Crippen molar-refractivity contribution in [2.75, 3.05) is 25.3 Å². The van der Waals surface area contributed by atoms with E-state index in [4.69, 9.17) is 19.2 Å². The minimum Gasteiger partial charge on any atom is -0.466 e. The van der Waals surface area contributed by atoms with E-state index in [-0.39, 0.29) is 25.1 Å². The van der Waals surface area contributed by atoms with Gasteiger partial charge in [0, 0.05) is 24.6 Å². The lowest BCUT2D eigenvalue weighted by atomic mass is 9.95. The Labute approximate surface area is 204 Å². The fourth-order valence-corrected chi connectivity index (χ4v) is 4.56. The van der Waals surface area contributed by atoms with Crippen molar-refractivity contribution in [3.8, 4) is 11.5 Å². The van der Waals surface area contributed by atoms with Crippen LogP contribution in [0.15, 0.2) is 30.3 Å². The Balaban J connectivity index is 1.25. The number of fused-ring (bicyclic) bond motifs is 2. The number of esters is 1. The van der Waals surface area contributed by atoms with E-state index in [9.17, 15) is 4.79 Å². The molecule has 4 heterocycles. The van der Waals surface area contributed by atoms with Crippen molar-refractivity contribution in [1.82, 2.24) is 25.2 Å². The first-order valence-electron chi connectivity index (χ1n) is 12.2. The van der Waals surface area contributed by atoms with Crippen LogP contribution in [-0.2, 0) is 35.3 Å². The number of hydrogen-bond donors (Lipinski definition) is 1. The number of nitrogens with one attached hydrogen (secondary N) is 1. The standard InChI is InChI=1S/C25H30N6O4/c1-2-33-24(32)14-19(18-9-11-21-22(13-18)35-16-34-21)15-31-23(28-29-30-31)7-3-6-20-10-8-17-5-4-12-26-25(17)27-20/h8-11,13,19H,2-7,12,14-16H2,1H3,(H,26,27). The maximum absolute atomic E-state index is 12.4. The van der Waals surface area contributed by atoms with Gasteiger partial charge >= 0.3 is 5.97 Å². The molecule has 3 aromatic rings. The van der Waals surface area contributed by atoms with Gasteiger partial charge in [0.15, 0.2) is 17.3 Å². The molecule has 1 atom stereocenters. The quantitative estimate of drug-likeness (QED) is 0.439. The number of aryl methyl sites for hydroxylation is 3. The number of benzene rings is 1. The number of tetrazole rings is 1. The molecule has 0 amide bonds. The minimum absolute atomic E-state index is 0.167. The van der Waals surface area contributed by atoms with E-state index in [0.717, 1.165) is 55.1 Å². The van der Waals surface area contributed by atoms with Gasteiger partial charge in [-0.05, 0) is 72.4 Å². The second kappa shape index (κ2) is 10.7. The van der Waals surface area contributed by atoms with Crippen molar-refractivity contribution in [1.29, 1.82) is 0 Å². The van der Waals surface area contributed by atoms with Crippen LogP contribution in [0.1, 0.15) is 54.7 Å². The lowest BCUT2D eigenvalue weighted by Gasteiger charge is -2.18. The van der Waals surface area contributed by atoms with Crippen LogP contribution in [0.5, 0.6) is 11.5 Å². The van der Waals surface area contributed by atoms with E-state index >= 15 is 0 Å². The van der Waals surface area contributed by atoms with Gasteiger partial charge in [-0.15, -0.1) is 5.10 Å². The molecule has 1 N–H and O–H groups in total. The Morgan fingerprint density at radius 2 is 2.11 bits per heavy atom. The first-order chi connectivity index (χ1) is 17.2. The number of hydrogen-bond acceptors (Lipinski definition) is 9. The zero-order valence-corrected chi connectivity index (χ0v) is 19.9. The fourth-order valence-electron chi connectivity index (χ4n) is 4.56. The molecule has 1 unspecified atom stereocenters. The van der Waals surface area contributed by atoms with E-state index < -0.39 is 0 Å². The van der Waals surface area contributed by atoms with Crippen LogP contribution >= 0.6 is 0 Å². The monoisotopic (exact) mass is 478 g/mol. The first-order valence-corrected chi connectivity index (χ1v) is 12.2. The van der Waals surface area contributed by atoms with Gasteiger partial charge in [0.1, 0.15) is 5.82 Å². The van der Waals surface area contributed by atoms with Crippen LogP contribution in [0.25, 0.3) is 0 Å². The summed E-state index contributed by atoms with van der Waals surface area (Å²) in [5, 5.41) is 15.8. The summed E-state index contributed by atoms with van der Waals surface area (Å²) in [7, 11) is 0. The average molecular weight is 479 g/mol. The molecule has 0 radical (unpaired) electrons. The normalized spacial score (nSPS) is 14.8. The molecule has 5 rings (SSSR count). The summed E-state index contributed by atoms with van der Waals surface area (Å²) in [6.07, 6.45) is 4.89. The van der Waals surface area contributed by atoms with Crippen molar-refractivity contribution < 1.29 is 19.0 Å². The summed E-state index contributed by atoms with van der Waals surface area (Å²) < 4.78 is 18.0. The highest BCUT2D eigenvalue weighted by atomic mass is 16.7. The van der Waals surface area contributed by atoms with Crippen LogP contribution < -0.4 is 14.8 Å². The molecule has 0 spiro atoms. The van der Waals surface area contributed by atoms with Gasteiger partial charge in [0.2, 0.25) is 6.79 Å². The van der Waals surface area contributed by atoms with Crippen molar-refractivity contribution in [3.63, 3.8) is 0 Å². The van der Waals surface area contributed by atoms with Gasteiger partial charge in [-0.25, -0.2) is 9.67 Å². The predicted molar refractivity (Wildman–Crippen MR) is 127 cm³/mol.